The predicted molar refractivity (Wildman–Crippen MR) is 110 cm³/mol. The number of hydrogen-bond donors (Lipinski definition) is 1. The molecule has 4 aliphatic rings. The summed E-state index contributed by atoms with van der Waals surface area (Å²) in [6.07, 6.45) is -0.879. The normalized spacial score (nSPS) is 35.1. The zero-order valence-corrected chi connectivity index (χ0v) is 18.7. The molecule has 11 heteroatoms. The molecule has 7 atom stereocenters. The summed E-state index contributed by atoms with van der Waals surface area (Å²) >= 11 is 0. The Morgan fingerprint density at radius 1 is 0.914 bits per heavy atom. The van der Waals surface area contributed by atoms with Crippen LogP contribution in [-0.4, -0.2) is 30.3 Å². The van der Waals surface area contributed by atoms with Crippen LogP contribution in [0.4, 0.5) is 26.3 Å². The topological polar surface area (TPSA) is 63.6 Å². The van der Waals surface area contributed by atoms with Crippen LogP contribution in [0.25, 0.3) is 0 Å². The van der Waals surface area contributed by atoms with Crippen LogP contribution in [-0.2, 0) is 20.5 Å². The van der Waals surface area contributed by atoms with E-state index in [1.165, 1.54) is 36.4 Å². The molecular formula is C24H20F6O4S. The van der Waals surface area contributed by atoms with Gasteiger partial charge < -0.3 is 4.74 Å². The van der Waals surface area contributed by atoms with Gasteiger partial charge in [0.1, 0.15) is 17.2 Å². The molecule has 2 bridgehead atoms. The summed E-state index contributed by atoms with van der Waals surface area (Å²) in [4.78, 5) is 0. The van der Waals surface area contributed by atoms with Gasteiger partial charge >= 0.3 is 21.3 Å². The average Bonchev–Trinajstić information content (AvgIpc) is 3.21. The van der Waals surface area contributed by atoms with Gasteiger partial charge in [-0.1, -0.05) is 24.3 Å². The zero-order chi connectivity index (χ0) is 25.1. The standard InChI is InChI=1S/C24H20F6O4S/c25-14-5-1-3-12(9-14)22(13-4-2-6-15(26)10-13)20-18-16-7-11(21(34-22)19(18)20)8-17(16)23(27,28)24(29,30)35(31,32)33/h1-6,9-11,16-21H,7-8H2,(H,31,32,33). The lowest BCUT2D eigenvalue weighted by atomic mass is 9.77. The fraction of sp³-hybridized carbons (Fsp3) is 0.500. The Balaban J connectivity index is 1.45. The monoisotopic (exact) mass is 518 g/mol. The van der Waals surface area contributed by atoms with Crippen LogP contribution in [0, 0.1) is 47.1 Å². The number of benzene rings is 2. The summed E-state index contributed by atoms with van der Waals surface area (Å²) in [6.45, 7) is 0. The van der Waals surface area contributed by atoms with Gasteiger partial charge in [-0.05, 0) is 71.9 Å². The molecule has 1 saturated heterocycles. The Bertz CT molecular complexity index is 1270. The first-order valence-corrected chi connectivity index (χ1v) is 12.7. The summed E-state index contributed by atoms with van der Waals surface area (Å²) in [7, 11) is -6.36. The summed E-state index contributed by atoms with van der Waals surface area (Å²) < 4.78 is 125. The molecule has 35 heavy (non-hydrogen) atoms. The van der Waals surface area contributed by atoms with Gasteiger partial charge in [0.25, 0.3) is 0 Å². The number of fused-ring (bicyclic) bond motifs is 5. The third kappa shape index (κ3) is 2.91. The number of rotatable bonds is 5. The van der Waals surface area contributed by atoms with Crippen molar-refractivity contribution in [2.24, 2.45) is 35.5 Å². The Kier molecular flexibility index (Phi) is 4.67. The molecule has 1 aliphatic heterocycles. The van der Waals surface area contributed by atoms with Crippen LogP contribution in [0.5, 0.6) is 0 Å². The highest BCUT2D eigenvalue weighted by molar-refractivity contribution is 7.87. The summed E-state index contributed by atoms with van der Waals surface area (Å²) in [5, 5.41) is -5.64. The van der Waals surface area contributed by atoms with Crippen molar-refractivity contribution in [3.63, 3.8) is 0 Å². The van der Waals surface area contributed by atoms with E-state index in [0.29, 0.717) is 11.1 Å². The van der Waals surface area contributed by atoms with E-state index in [2.05, 4.69) is 0 Å². The van der Waals surface area contributed by atoms with Crippen molar-refractivity contribution < 1.29 is 44.0 Å². The molecule has 2 aromatic rings. The van der Waals surface area contributed by atoms with Gasteiger partial charge in [0.05, 0.1) is 6.10 Å². The minimum absolute atomic E-state index is 0.145. The maximum atomic E-state index is 15.0. The third-order valence-corrected chi connectivity index (χ3v) is 9.52. The van der Waals surface area contributed by atoms with E-state index in [9.17, 15) is 26.0 Å². The van der Waals surface area contributed by atoms with E-state index < -0.39 is 80.6 Å². The Hall–Kier alpha value is -2.11. The van der Waals surface area contributed by atoms with Crippen LogP contribution < -0.4 is 0 Å². The van der Waals surface area contributed by atoms with E-state index in [1.54, 1.807) is 12.1 Å². The number of alkyl halides is 4. The maximum Gasteiger partial charge on any atom is 0.431 e. The summed E-state index contributed by atoms with van der Waals surface area (Å²) in [5.74, 6) is -11.0. The number of ether oxygens (including phenoxy) is 1. The average molecular weight is 518 g/mol. The summed E-state index contributed by atoms with van der Waals surface area (Å²) in [5.41, 5.74) is -0.622. The number of hydrogen-bond acceptors (Lipinski definition) is 3. The second-order valence-corrected chi connectivity index (χ2v) is 11.6. The molecule has 0 radical (unpaired) electrons. The van der Waals surface area contributed by atoms with Gasteiger partial charge in [-0.3, -0.25) is 4.55 Å². The molecule has 7 unspecified atom stereocenters. The highest BCUT2D eigenvalue weighted by atomic mass is 32.2. The first-order valence-electron chi connectivity index (χ1n) is 11.2. The molecule has 4 nitrogen and oxygen atoms in total. The second kappa shape index (κ2) is 7.01. The van der Waals surface area contributed by atoms with Crippen molar-refractivity contribution in [3.8, 4) is 0 Å². The van der Waals surface area contributed by atoms with Gasteiger partial charge in [-0.2, -0.15) is 26.0 Å². The van der Waals surface area contributed by atoms with Crippen molar-refractivity contribution >= 4 is 10.1 Å². The quantitative estimate of drug-likeness (QED) is 0.435. The van der Waals surface area contributed by atoms with Crippen LogP contribution in [0.3, 0.4) is 0 Å². The smallest absolute Gasteiger partial charge is 0.361 e. The first-order chi connectivity index (χ1) is 16.3. The van der Waals surface area contributed by atoms with Crippen molar-refractivity contribution in [3.05, 3.63) is 71.3 Å². The summed E-state index contributed by atoms with van der Waals surface area (Å²) in [6, 6.07) is 11.0. The van der Waals surface area contributed by atoms with Crippen LogP contribution in [0.15, 0.2) is 48.5 Å². The highest BCUT2D eigenvalue weighted by Gasteiger charge is 2.82. The Morgan fingerprint density at radius 2 is 1.49 bits per heavy atom. The van der Waals surface area contributed by atoms with Gasteiger partial charge in [0.15, 0.2) is 0 Å². The highest BCUT2D eigenvalue weighted by Crippen LogP contribution is 2.78. The molecule has 0 amide bonds. The van der Waals surface area contributed by atoms with Crippen LogP contribution in [0.2, 0.25) is 0 Å². The van der Waals surface area contributed by atoms with Crippen molar-refractivity contribution in [2.45, 2.75) is 35.7 Å². The fourth-order valence-corrected chi connectivity index (χ4v) is 7.89. The molecule has 6 rings (SSSR count). The molecule has 2 aromatic carbocycles. The molecule has 0 spiro atoms. The minimum Gasteiger partial charge on any atom is -0.361 e. The van der Waals surface area contributed by atoms with Gasteiger partial charge in [0.2, 0.25) is 0 Å². The second-order valence-electron chi connectivity index (χ2n) is 10.1. The van der Waals surface area contributed by atoms with Crippen LogP contribution in [0.1, 0.15) is 24.0 Å². The molecule has 3 saturated carbocycles. The maximum absolute atomic E-state index is 15.0. The largest absolute Gasteiger partial charge is 0.431 e. The van der Waals surface area contributed by atoms with Gasteiger partial charge in [-0.25, -0.2) is 8.78 Å². The van der Waals surface area contributed by atoms with E-state index in [4.69, 9.17) is 9.29 Å². The van der Waals surface area contributed by atoms with E-state index >= 15 is 8.78 Å². The predicted octanol–water partition coefficient (Wildman–Crippen LogP) is 5.24. The lowest BCUT2D eigenvalue weighted by Gasteiger charge is -2.40. The minimum atomic E-state index is -6.36. The third-order valence-electron chi connectivity index (χ3n) is 8.60. The number of halogens is 6. The molecule has 188 valence electrons. The Morgan fingerprint density at radius 3 is 2.00 bits per heavy atom. The van der Waals surface area contributed by atoms with Crippen molar-refractivity contribution in [1.29, 1.82) is 0 Å². The van der Waals surface area contributed by atoms with Gasteiger partial charge in [0, 0.05) is 11.8 Å². The molecule has 0 aromatic heterocycles. The van der Waals surface area contributed by atoms with Crippen molar-refractivity contribution in [1.82, 2.24) is 0 Å². The molecule has 3 aliphatic carbocycles. The molecule has 1 N–H and O–H groups in total. The zero-order valence-electron chi connectivity index (χ0n) is 17.9. The first kappa shape index (κ1) is 23.3. The van der Waals surface area contributed by atoms with Gasteiger partial charge in [-0.15, -0.1) is 0 Å². The fourth-order valence-electron chi connectivity index (χ4n) is 7.39. The van der Waals surface area contributed by atoms with Crippen molar-refractivity contribution in [2.75, 3.05) is 0 Å². The van der Waals surface area contributed by atoms with E-state index in [0.717, 1.165) is 0 Å². The van der Waals surface area contributed by atoms with E-state index in [-0.39, 0.29) is 12.3 Å². The molecular weight excluding hydrogens is 498 g/mol. The lowest BCUT2D eigenvalue weighted by molar-refractivity contribution is -0.201. The SMILES string of the molecule is O=S(=O)(O)C(F)(F)C(F)(F)C1CC2CC1C1C3C2OC(c2cccc(F)c2)(c2cccc(F)c2)C13. The molecule has 4 fully saturated rings. The molecule has 1 heterocycles. The lowest BCUT2D eigenvalue weighted by Crippen LogP contribution is -2.52. The Labute approximate surface area is 197 Å². The van der Waals surface area contributed by atoms with Crippen LogP contribution >= 0.6 is 0 Å². The van der Waals surface area contributed by atoms with E-state index in [1.807, 2.05) is 0 Å².